The Morgan fingerprint density at radius 3 is 2.43 bits per heavy atom. The molecule has 0 saturated carbocycles. The molecule has 0 fully saturated rings. The Balaban J connectivity index is 2.79. The zero-order valence-corrected chi connectivity index (χ0v) is 12.6. The first-order valence-electron chi connectivity index (χ1n) is 6.50. The van der Waals surface area contributed by atoms with E-state index in [1.54, 1.807) is 7.11 Å². The first-order valence-corrected chi connectivity index (χ1v) is 6.50. The Bertz CT molecular complexity index is 537. The third-order valence-corrected chi connectivity index (χ3v) is 3.16. The highest BCUT2D eigenvalue weighted by molar-refractivity contribution is 5.96. The van der Waals surface area contributed by atoms with Crippen molar-refractivity contribution in [1.29, 1.82) is 0 Å². The lowest BCUT2D eigenvalue weighted by Gasteiger charge is -2.29. The van der Waals surface area contributed by atoms with E-state index in [4.69, 9.17) is 9.84 Å². The highest BCUT2D eigenvalue weighted by Crippen LogP contribution is 2.21. The molecule has 0 aliphatic rings. The number of carboxylic acid groups (broad SMARTS) is 1. The fraction of sp³-hybridized carbons (Fsp3) is 0.467. The average molecular weight is 297 g/mol. The maximum atomic E-state index is 13.7. The molecule has 116 valence electrons. The van der Waals surface area contributed by atoms with Gasteiger partial charge in [-0.1, -0.05) is 20.8 Å². The van der Waals surface area contributed by atoms with Gasteiger partial charge >= 0.3 is 5.97 Å². The number of ether oxygens (including phenoxy) is 1. The van der Waals surface area contributed by atoms with Crippen LogP contribution < -0.4 is 5.32 Å². The number of aromatic carboxylic acids is 1. The van der Waals surface area contributed by atoms with Crippen molar-refractivity contribution in [3.05, 3.63) is 35.1 Å². The number of hydrogen-bond acceptors (Lipinski definition) is 3. The predicted octanol–water partition coefficient (Wildman–Crippen LogP) is 2.31. The van der Waals surface area contributed by atoms with Gasteiger partial charge in [-0.25, -0.2) is 9.18 Å². The minimum Gasteiger partial charge on any atom is -0.478 e. The van der Waals surface area contributed by atoms with Crippen LogP contribution in [-0.2, 0) is 4.74 Å². The Hall–Kier alpha value is -1.95. The van der Waals surface area contributed by atoms with Crippen molar-refractivity contribution in [2.75, 3.05) is 13.7 Å². The van der Waals surface area contributed by atoms with E-state index in [-0.39, 0.29) is 29.2 Å². The molecule has 5 nitrogen and oxygen atoms in total. The van der Waals surface area contributed by atoms with E-state index in [1.807, 2.05) is 20.8 Å². The molecule has 1 atom stereocenters. The van der Waals surface area contributed by atoms with E-state index in [0.29, 0.717) is 0 Å². The molecule has 0 heterocycles. The summed E-state index contributed by atoms with van der Waals surface area (Å²) in [6.07, 6.45) is -0.220. The number of carboxylic acids is 1. The highest BCUT2D eigenvalue weighted by Gasteiger charge is 2.25. The Morgan fingerprint density at radius 1 is 1.38 bits per heavy atom. The zero-order chi connectivity index (χ0) is 16.2. The van der Waals surface area contributed by atoms with Crippen LogP contribution in [0.4, 0.5) is 4.39 Å². The number of benzene rings is 1. The molecule has 0 bridgehead atoms. The van der Waals surface area contributed by atoms with E-state index in [0.717, 1.165) is 12.1 Å². The molecule has 21 heavy (non-hydrogen) atoms. The summed E-state index contributed by atoms with van der Waals surface area (Å²) in [7, 11) is 1.55. The van der Waals surface area contributed by atoms with Gasteiger partial charge in [-0.15, -0.1) is 0 Å². The van der Waals surface area contributed by atoms with Crippen molar-refractivity contribution < 1.29 is 23.8 Å². The molecule has 1 aromatic rings. The monoisotopic (exact) mass is 297 g/mol. The van der Waals surface area contributed by atoms with Crippen molar-refractivity contribution in [1.82, 2.24) is 5.32 Å². The number of hydrogen-bond donors (Lipinski definition) is 2. The van der Waals surface area contributed by atoms with Gasteiger partial charge in [-0.3, -0.25) is 4.79 Å². The fourth-order valence-corrected chi connectivity index (χ4v) is 1.86. The third-order valence-electron chi connectivity index (χ3n) is 3.16. The van der Waals surface area contributed by atoms with Crippen molar-refractivity contribution in [2.45, 2.75) is 26.9 Å². The SMILES string of the molecule is COC(CNC(=O)c1ccc(C(=O)O)cc1F)C(C)(C)C. The van der Waals surface area contributed by atoms with Crippen molar-refractivity contribution in [3.63, 3.8) is 0 Å². The van der Waals surface area contributed by atoms with E-state index in [2.05, 4.69) is 5.32 Å². The second kappa shape index (κ2) is 6.67. The molecule has 1 unspecified atom stereocenters. The second-order valence-corrected chi connectivity index (χ2v) is 5.80. The molecule has 1 amide bonds. The van der Waals surface area contributed by atoms with E-state index >= 15 is 0 Å². The minimum absolute atomic E-state index is 0.173. The molecular formula is C15H20FNO4. The van der Waals surface area contributed by atoms with Gasteiger partial charge < -0.3 is 15.2 Å². The predicted molar refractivity (Wildman–Crippen MR) is 75.9 cm³/mol. The van der Waals surface area contributed by atoms with Crippen LogP contribution in [0.25, 0.3) is 0 Å². The van der Waals surface area contributed by atoms with Gasteiger partial charge in [0.05, 0.1) is 17.2 Å². The maximum absolute atomic E-state index is 13.7. The summed E-state index contributed by atoms with van der Waals surface area (Å²) in [6.45, 7) is 6.14. The molecule has 0 radical (unpaired) electrons. The number of carbonyl (C=O) groups excluding carboxylic acids is 1. The van der Waals surface area contributed by atoms with Gasteiger partial charge in [0.1, 0.15) is 5.82 Å². The number of amides is 1. The topological polar surface area (TPSA) is 75.6 Å². The van der Waals surface area contributed by atoms with Crippen molar-refractivity contribution >= 4 is 11.9 Å². The van der Waals surface area contributed by atoms with E-state index in [1.165, 1.54) is 6.07 Å². The lowest BCUT2D eigenvalue weighted by molar-refractivity contribution is 0.0175. The van der Waals surface area contributed by atoms with Gasteiger partial charge in [-0.05, 0) is 23.6 Å². The largest absolute Gasteiger partial charge is 0.478 e. The summed E-state index contributed by atoms with van der Waals surface area (Å²) in [5, 5.41) is 11.3. The minimum atomic E-state index is -1.24. The number of carbonyl (C=O) groups is 2. The summed E-state index contributed by atoms with van der Waals surface area (Å²) in [5.74, 6) is -2.71. The number of methoxy groups -OCH3 is 1. The lowest BCUT2D eigenvalue weighted by atomic mass is 9.89. The van der Waals surface area contributed by atoms with Gasteiger partial charge in [0.2, 0.25) is 0 Å². The van der Waals surface area contributed by atoms with Gasteiger partial charge in [0.15, 0.2) is 0 Å². The van der Waals surface area contributed by atoms with E-state index < -0.39 is 17.7 Å². The van der Waals surface area contributed by atoms with Crippen molar-refractivity contribution in [3.8, 4) is 0 Å². The van der Waals surface area contributed by atoms with Crippen LogP contribution in [0.1, 0.15) is 41.5 Å². The number of halogens is 1. The standard InChI is InChI=1S/C15H20FNO4/c1-15(2,3)12(21-4)8-17-13(18)10-6-5-9(14(19)20)7-11(10)16/h5-7,12H,8H2,1-4H3,(H,17,18)(H,19,20). The lowest BCUT2D eigenvalue weighted by Crippen LogP contribution is -2.40. The summed E-state index contributed by atoms with van der Waals surface area (Å²) >= 11 is 0. The normalized spacial score (nSPS) is 12.8. The van der Waals surface area contributed by atoms with Crippen LogP contribution in [0.3, 0.4) is 0 Å². The molecule has 1 aromatic carbocycles. The van der Waals surface area contributed by atoms with Gasteiger partial charge in [0.25, 0.3) is 5.91 Å². The first-order chi connectivity index (χ1) is 9.66. The highest BCUT2D eigenvalue weighted by atomic mass is 19.1. The fourth-order valence-electron chi connectivity index (χ4n) is 1.86. The van der Waals surface area contributed by atoms with Crippen LogP contribution in [0.2, 0.25) is 0 Å². The first kappa shape index (κ1) is 17.1. The smallest absolute Gasteiger partial charge is 0.335 e. The summed E-state index contributed by atoms with van der Waals surface area (Å²) in [4.78, 5) is 22.7. The van der Waals surface area contributed by atoms with Crippen LogP contribution in [0.5, 0.6) is 0 Å². The molecule has 0 aliphatic heterocycles. The molecule has 1 rings (SSSR count). The average Bonchev–Trinajstić information content (AvgIpc) is 2.37. The quantitative estimate of drug-likeness (QED) is 0.874. The maximum Gasteiger partial charge on any atom is 0.335 e. The van der Waals surface area contributed by atoms with Gasteiger partial charge in [-0.2, -0.15) is 0 Å². The summed E-state index contributed by atoms with van der Waals surface area (Å²) < 4.78 is 19.0. The van der Waals surface area contributed by atoms with E-state index in [9.17, 15) is 14.0 Å². The molecule has 2 N–H and O–H groups in total. The zero-order valence-electron chi connectivity index (χ0n) is 12.6. The molecule has 0 saturated heterocycles. The van der Waals surface area contributed by atoms with Crippen LogP contribution in [0.15, 0.2) is 18.2 Å². The van der Waals surface area contributed by atoms with Crippen molar-refractivity contribution in [2.24, 2.45) is 5.41 Å². The molecule has 0 aliphatic carbocycles. The molecule has 0 spiro atoms. The Kier molecular flexibility index (Phi) is 5.43. The number of nitrogens with one attached hydrogen (secondary N) is 1. The molecule has 6 heteroatoms. The summed E-state index contributed by atoms with van der Waals surface area (Å²) in [6, 6.07) is 3.18. The van der Waals surface area contributed by atoms with Crippen LogP contribution in [-0.4, -0.2) is 36.7 Å². The van der Waals surface area contributed by atoms with Crippen LogP contribution in [0, 0.1) is 11.2 Å². The number of rotatable bonds is 5. The summed E-state index contributed by atoms with van der Waals surface area (Å²) in [5.41, 5.74) is -0.564. The van der Waals surface area contributed by atoms with Crippen LogP contribution >= 0.6 is 0 Å². The molecular weight excluding hydrogens is 277 g/mol. The third kappa shape index (κ3) is 4.53. The Morgan fingerprint density at radius 2 is 2.00 bits per heavy atom. The Labute approximate surface area is 123 Å². The second-order valence-electron chi connectivity index (χ2n) is 5.80. The van der Waals surface area contributed by atoms with Gasteiger partial charge in [0, 0.05) is 13.7 Å². The molecule has 0 aromatic heterocycles.